The Kier molecular flexibility index (Phi) is 5.31. The van der Waals surface area contributed by atoms with E-state index in [2.05, 4.69) is 15.4 Å². The predicted molar refractivity (Wildman–Crippen MR) is 28.9 cm³/mol. The summed E-state index contributed by atoms with van der Waals surface area (Å²) in [5, 5.41) is 10.1. The largest absolute Gasteiger partial charge is 0.762 e. The Labute approximate surface area is 55.5 Å². The maximum absolute atomic E-state index is 9.67. The highest BCUT2D eigenvalue weighted by molar-refractivity contribution is 6.33. The van der Waals surface area contributed by atoms with Gasteiger partial charge in [0, 0.05) is 0 Å². The summed E-state index contributed by atoms with van der Waals surface area (Å²) in [6.45, 7) is 0. The average Bonchev–Trinajstić information content (AvgIpc) is 1.90. The van der Waals surface area contributed by atoms with E-state index in [1.54, 1.807) is 18.5 Å². The lowest BCUT2D eigenvalue weighted by atomic mass is 10.5. The second-order valence-electron chi connectivity index (χ2n) is 1.06. The van der Waals surface area contributed by atoms with Crippen LogP contribution in [0.4, 0.5) is 12.9 Å². The van der Waals surface area contributed by atoms with E-state index >= 15 is 0 Å². The van der Waals surface area contributed by atoms with Crippen LogP contribution >= 0.6 is 0 Å². The first kappa shape index (κ1) is 8.86. The van der Waals surface area contributed by atoms with Gasteiger partial charge in [-0.2, -0.15) is 0 Å². The first-order chi connectivity index (χ1) is 4.73. The van der Waals surface area contributed by atoms with Gasteiger partial charge in [0.2, 0.25) is 0 Å². The monoisotopic (exact) mass is 149 g/mol. The third-order valence-corrected chi connectivity index (χ3v) is 0.409. The van der Waals surface area contributed by atoms with Gasteiger partial charge in [-0.1, -0.05) is 0 Å². The van der Waals surface area contributed by atoms with Gasteiger partial charge in [0.05, 0.1) is 12.4 Å². The number of hydrogen-bond acceptors (Lipinski definition) is 3. The van der Waals surface area contributed by atoms with Crippen molar-refractivity contribution in [3.8, 4) is 0 Å². The third kappa shape index (κ3) is 9.98. The summed E-state index contributed by atoms with van der Waals surface area (Å²) < 4.78 is 29.0. The Morgan fingerprint density at radius 3 is 1.50 bits per heavy atom. The Morgan fingerprint density at radius 1 is 1.00 bits per heavy atom. The van der Waals surface area contributed by atoms with Crippen LogP contribution in [0.1, 0.15) is 0 Å². The van der Waals surface area contributed by atoms with Gasteiger partial charge in [-0.3, -0.25) is 12.9 Å². The SMILES string of the molecule is FB(F)F.c1cnnnc1. The van der Waals surface area contributed by atoms with E-state index in [0.717, 1.165) is 0 Å². The van der Waals surface area contributed by atoms with Gasteiger partial charge < -0.3 is 0 Å². The molecule has 0 bridgehead atoms. The topological polar surface area (TPSA) is 38.7 Å². The molecule has 0 aromatic carbocycles. The minimum absolute atomic E-state index is 1.58. The number of halogens is 3. The van der Waals surface area contributed by atoms with E-state index in [9.17, 15) is 12.9 Å². The van der Waals surface area contributed by atoms with Crippen molar-refractivity contribution in [2.24, 2.45) is 0 Å². The molecule has 0 aliphatic rings. The predicted octanol–water partition coefficient (Wildman–Crippen LogP) is 0.751. The Morgan fingerprint density at radius 2 is 1.40 bits per heavy atom. The highest BCUT2D eigenvalue weighted by Gasteiger charge is 2.06. The van der Waals surface area contributed by atoms with Crippen molar-refractivity contribution in [1.82, 2.24) is 15.4 Å². The van der Waals surface area contributed by atoms with Crippen LogP contribution in [0.5, 0.6) is 0 Å². The van der Waals surface area contributed by atoms with Crippen LogP contribution < -0.4 is 0 Å². The highest BCUT2D eigenvalue weighted by atomic mass is 19.4. The molecule has 0 atom stereocenters. The van der Waals surface area contributed by atoms with Crippen molar-refractivity contribution in [2.45, 2.75) is 0 Å². The van der Waals surface area contributed by atoms with Crippen LogP contribution in [-0.4, -0.2) is 23.0 Å². The lowest BCUT2D eigenvalue weighted by Crippen LogP contribution is -1.78. The third-order valence-electron chi connectivity index (χ3n) is 0.409. The van der Waals surface area contributed by atoms with Crippen molar-refractivity contribution in [1.29, 1.82) is 0 Å². The molecule has 0 amide bonds. The molecule has 0 aliphatic carbocycles. The Bertz CT molecular complexity index is 119. The smallest absolute Gasteiger partial charge is 0.254 e. The number of aromatic nitrogens is 3. The summed E-state index contributed by atoms with van der Waals surface area (Å²) >= 11 is 0. The van der Waals surface area contributed by atoms with Crippen LogP contribution in [0.3, 0.4) is 0 Å². The first-order valence-corrected chi connectivity index (χ1v) is 2.24. The molecule has 1 heterocycles. The summed E-state index contributed by atoms with van der Waals surface area (Å²) in [7, 11) is -3.67. The van der Waals surface area contributed by atoms with Crippen molar-refractivity contribution >= 4 is 7.54 Å². The lowest BCUT2D eigenvalue weighted by Gasteiger charge is -1.68. The Balaban J connectivity index is 0.000000180. The number of hydrogen-bond donors (Lipinski definition) is 0. The maximum Gasteiger partial charge on any atom is 0.762 e. The van der Waals surface area contributed by atoms with E-state index in [0.29, 0.717) is 0 Å². The summed E-state index contributed by atoms with van der Waals surface area (Å²) in [4.78, 5) is 0. The van der Waals surface area contributed by atoms with E-state index in [1.807, 2.05) is 0 Å². The zero-order valence-corrected chi connectivity index (χ0v) is 4.78. The molecule has 0 N–H and O–H groups in total. The normalized spacial score (nSPS) is 7.50. The molecule has 0 aliphatic heterocycles. The molecule has 0 saturated carbocycles. The van der Waals surface area contributed by atoms with Crippen molar-refractivity contribution in [3.63, 3.8) is 0 Å². The molecule has 0 fully saturated rings. The fourth-order valence-corrected chi connectivity index (χ4v) is 0.205. The molecule has 1 aromatic heterocycles. The molecule has 1 rings (SSSR count). The van der Waals surface area contributed by atoms with Crippen molar-refractivity contribution < 1.29 is 12.9 Å². The van der Waals surface area contributed by atoms with Gasteiger partial charge >= 0.3 is 7.54 Å². The summed E-state index contributed by atoms with van der Waals surface area (Å²) in [6, 6.07) is 1.72. The molecule has 7 heteroatoms. The van der Waals surface area contributed by atoms with Gasteiger partial charge in [-0.15, -0.1) is 10.2 Å². The van der Waals surface area contributed by atoms with Gasteiger partial charge in [0.25, 0.3) is 0 Å². The minimum atomic E-state index is -3.67. The van der Waals surface area contributed by atoms with Gasteiger partial charge in [-0.25, -0.2) is 0 Å². The average molecular weight is 149 g/mol. The van der Waals surface area contributed by atoms with Crippen LogP contribution in [0.25, 0.3) is 0 Å². The summed E-state index contributed by atoms with van der Waals surface area (Å²) in [5.41, 5.74) is 0. The molecule has 10 heavy (non-hydrogen) atoms. The molecule has 3 nitrogen and oxygen atoms in total. The zero-order chi connectivity index (χ0) is 7.82. The highest BCUT2D eigenvalue weighted by Crippen LogP contribution is 1.80. The van der Waals surface area contributed by atoms with Crippen LogP contribution in [0.2, 0.25) is 0 Å². The fraction of sp³-hybridized carbons (Fsp3) is 0. The standard InChI is InChI=1S/C3H3N3.BF3/c1-2-4-6-5-3-1;2-1(3)4/h1-3H;. The fourth-order valence-electron chi connectivity index (χ4n) is 0.205. The Hall–Kier alpha value is -1.14. The molecular formula is C3H3BF3N3. The molecule has 0 unspecified atom stereocenters. The molecule has 0 spiro atoms. The first-order valence-electron chi connectivity index (χ1n) is 2.24. The quantitative estimate of drug-likeness (QED) is 0.510. The van der Waals surface area contributed by atoms with Crippen LogP contribution in [0, 0.1) is 0 Å². The molecule has 0 radical (unpaired) electrons. The molecule has 0 saturated heterocycles. The second-order valence-corrected chi connectivity index (χ2v) is 1.06. The molecule has 54 valence electrons. The lowest BCUT2D eigenvalue weighted by molar-refractivity contribution is 0.535. The van der Waals surface area contributed by atoms with Crippen molar-refractivity contribution in [2.75, 3.05) is 0 Å². The van der Waals surface area contributed by atoms with E-state index in [4.69, 9.17) is 0 Å². The van der Waals surface area contributed by atoms with Crippen LogP contribution in [0.15, 0.2) is 18.5 Å². The van der Waals surface area contributed by atoms with E-state index < -0.39 is 7.54 Å². The van der Waals surface area contributed by atoms with Crippen LogP contribution in [-0.2, 0) is 0 Å². The molecular weight excluding hydrogens is 146 g/mol. The van der Waals surface area contributed by atoms with Gasteiger partial charge in [0.1, 0.15) is 0 Å². The number of nitrogens with zero attached hydrogens (tertiary/aromatic N) is 3. The maximum atomic E-state index is 9.67. The summed E-state index contributed by atoms with van der Waals surface area (Å²) in [6.07, 6.45) is 3.15. The summed E-state index contributed by atoms with van der Waals surface area (Å²) in [5.74, 6) is 0. The van der Waals surface area contributed by atoms with E-state index in [-0.39, 0.29) is 0 Å². The molecule has 1 aromatic rings. The second kappa shape index (κ2) is 5.99. The van der Waals surface area contributed by atoms with E-state index in [1.165, 1.54) is 0 Å². The minimum Gasteiger partial charge on any atom is -0.254 e. The van der Waals surface area contributed by atoms with Gasteiger partial charge in [-0.05, 0) is 11.3 Å². The van der Waals surface area contributed by atoms with Gasteiger partial charge in [0.15, 0.2) is 0 Å². The number of rotatable bonds is 0. The van der Waals surface area contributed by atoms with Crippen molar-refractivity contribution in [3.05, 3.63) is 18.5 Å². The zero-order valence-electron chi connectivity index (χ0n) is 4.78.